The number of hydrogen-bond donors (Lipinski definition) is 6. The topological polar surface area (TPSA) is 149 Å². The third-order valence-corrected chi connectivity index (χ3v) is 12.8. The van der Waals surface area contributed by atoms with Crippen LogP contribution in [0, 0.1) is 0 Å². The normalized spacial score (nSPS) is 20.4. The summed E-state index contributed by atoms with van der Waals surface area (Å²) in [7, 11) is 0. The highest BCUT2D eigenvalue weighted by Crippen LogP contribution is 2.23. The van der Waals surface area contributed by atoms with Gasteiger partial charge in [-0.05, 0) is 32.1 Å². The summed E-state index contributed by atoms with van der Waals surface area (Å²) in [4.78, 5) is 13.0. The van der Waals surface area contributed by atoms with Crippen LogP contribution in [0.25, 0.3) is 0 Å². The summed E-state index contributed by atoms with van der Waals surface area (Å²) >= 11 is 0. The molecule has 7 atom stereocenters. The van der Waals surface area contributed by atoms with Gasteiger partial charge in [0.15, 0.2) is 6.29 Å². The lowest BCUT2D eigenvalue weighted by Crippen LogP contribution is -2.60. The fraction of sp³-hybridized carbons (Fsp3) is 0.906. The predicted molar refractivity (Wildman–Crippen MR) is 258 cm³/mol. The zero-order valence-electron chi connectivity index (χ0n) is 40.4. The molecule has 1 heterocycles. The first-order valence-electron chi connectivity index (χ1n) is 26.6. The fourth-order valence-electron chi connectivity index (χ4n) is 8.53. The Hall–Kier alpha value is -1.33. The van der Waals surface area contributed by atoms with Crippen molar-refractivity contribution in [1.29, 1.82) is 0 Å². The number of aliphatic hydroxyl groups is 5. The number of ether oxygens (including phenoxy) is 2. The minimum atomic E-state index is -1.57. The number of aliphatic hydroxyl groups excluding tert-OH is 5. The van der Waals surface area contributed by atoms with Crippen molar-refractivity contribution >= 4 is 5.91 Å². The quantitative estimate of drug-likeness (QED) is 0.0262. The largest absolute Gasteiger partial charge is 0.394 e. The van der Waals surface area contributed by atoms with E-state index < -0.39 is 49.5 Å². The number of carbonyl (C=O) groups excluding carboxylic acids is 1. The molecule has 7 unspecified atom stereocenters. The highest BCUT2D eigenvalue weighted by Gasteiger charge is 2.44. The molecule has 1 aliphatic heterocycles. The van der Waals surface area contributed by atoms with Crippen LogP contribution in [0.3, 0.4) is 0 Å². The van der Waals surface area contributed by atoms with E-state index in [9.17, 15) is 30.3 Å². The minimum Gasteiger partial charge on any atom is -0.394 e. The number of allylic oxidation sites excluding steroid dienone is 3. The Labute approximate surface area is 381 Å². The maximum atomic E-state index is 13.0. The lowest BCUT2D eigenvalue weighted by Gasteiger charge is -2.40. The standard InChI is InChI=1S/C53H101NO8/c1-3-5-7-9-11-13-15-17-19-21-22-23-24-25-27-29-31-33-35-37-39-41-43-49(57)54-46(45-61-53-52(60)51(59)50(58)48(44-55)62-53)47(56)42-40-38-36-34-32-30-28-26-20-18-16-14-12-10-8-6-4-2/h32,34,40,42,46-48,50-53,55-56,58-60H,3-31,33,35-39,41,43-45H2,1-2H3,(H,54,57)/b34-32+,42-40+. The zero-order chi connectivity index (χ0) is 45.1. The van der Waals surface area contributed by atoms with E-state index in [1.165, 1.54) is 193 Å². The van der Waals surface area contributed by atoms with E-state index in [0.29, 0.717) is 6.42 Å². The van der Waals surface area contributed by atoms with Gasteiger partial charge in [-0.1, -0.05) is 237 Å². The SMILES string of the molecule is CCCCCCCCCCCCC/C=C/CC/C=C/C(O)C(COC1OC(CO)C(O)C(O)C1O)NC(=O)CCCCCCCCCCCCCCCCCCCCCCCC. The van der Waals surface area contributed by atoms with Gasteiger partial charge in [0.25, 0.3) is 0 Å². The number of amides is 1. The van der Waals surface area contributed by atoms with Crippen molar-refractivity contribution in [3.05, 3.63) is 24.3 Å². The molecule has 0 spiro atoms. The Balaban J connectivity index is 2.27. The molecule has 0 bridgehead atoms. The predicted octanol–water partition coefficient (Wildman–Crippen LogP) is 12.2. The van der Waals surface area contributed by atoms with Crippen LogP contribution < -0.4 is 5.32 Å². The first kappa shape index (κ1) is 58.7. The van der Waals surface area contributed by atoms with Crippen molar-refractivity contribution in [3.8, 4) is 0 Å². The summed E-state index contributed by atoms with van der Waals surface area (Å²) < 4.78 is 11.2. The van der Waals surface area contributed by atoms with Gasteiger partial charge < -0.3 is 40.3 Å². The van der Waals surface area contributed by atoms with Crippen LogP contribution >= 0.6 is 0 Å². The van der Waals surface area contributed by atoms with Crippen LogP contribution in [0.4, 0.5) is 0 Å². The Morgan fingerprint density at radius 2 is 0.919 bits per heavy atom. The molecule has 0 aliphatic carbocycles. The van der Waals surface area contributed by atoms with Crippen molar-refractivity contribution in [2.75, 3.05) is 13.2 Å². The first-order valence-corrected chi connectivity index (χ1v) is 26.6. The van der Waals surface area contributed by atoms with Gasteiger partial charge in [0, 0.05) is 6.42 Å². The second-order valence-electron chi connectivity index (χ2n) is 18.7. The first-order chi connectivity index (χ1) is 30.3. The smallest absolute Gasteiger partial charge is 0.220 e. The van der Waals surface area contributed by atoms with Crippen molar-refractivity contribution < 1.29 is 39.8 Å². The molecular formula is C53H101NO8. The maximum Gasteiger partial charge on any atom is 0.220 e. The van der Waals surface area contributed by atoms with Crippen LogP contribution in [0.2, 0.25) is 0 Å². The lowest BCUT2D eigenvalue weighted by molar-refractivity contribution is -0.302. The van der Waals surface area contributed by atoms with E-state index in [-0.39, 0.29) is 12.5 Å². The monoisotopic (exact) mass is 880 g/mol. The Bertz CT molecular complexity index is 1020. The van der Waals surface area contributed by atoms with Crippen LogP contribution in [0.5, 0.6) is 0 Å². The Morgan fingerprint density at radius 3 is 1.35 bits per heavy atom. The van der Waals surface area contributed by atoms with Gasteiger partial charge in [-0.25, -0.2) is 0 Å². The minimum absolute atomic E-state index is 0.182. The van der Waals surface area contributed by atoms with Crippen LogP contribution in [0.1, 0.15) is 251 Å². The Kier molecular flexibility index (Phi) is 41.2. The van der Waals surface area contributed by atoms with Gasteiger partial charge in [-0.3, -0.25) is 4.79 Å². The third-order valence-electron chi connectivity index (χ3n) is 12.8. The summed E-state index contributed by atoms with van der Waals surface area (Å²) in [5, 5.41) is 54.3. The van der Waals surface area contributed by atoms with E-state index >= 15 is 0 Å². The second kappa shape index (κ2) is 43.6. The van der Waals surface area contributed by atoms with E-state index in [1.807, 2.05) is 6.08 Å². The molecule has 0 aromatic carbocycles. The molecule has 62 heavy (non-hydrogen) atoms. The summed E-state index contributed by atoms with van der Waals surface area (Å²) in [6.45, 7) is 3.79. The van der Waals surface area contributed by atoms with Gasteiger partial charge in [0.2, 0.25) is 5.91 Å². The molecule has 0 radical (unpaired) electrons. The second-order valence-corrected chi connectivity index (χ2v) is 18.7. The van der Waals surface area contributed by atoms with Crippen LogP contribution in [0.15, 0.2) is 24.3 Å². The molecule has 0 aromatic heterocycles. The molecule has 366 valence electrons. The average molecular weight is 880 g/mol. The summed E-state index contributed by atoms with van der Waals surface area (Å²) in [6, 6.07) is -0.817. The van der Waals surface area contributed by atoms with Crippen molar-refractivity contribution in [2.45, 2.75) is 294 Å². The molecule has 1 rings (SSSR count). The molecule has 0 saturated carbocycles. The van der Waals surface area contributed by atoms with Gasteiger partial charge in [0.05, 0.1) is 25.4 Å². The number of nitrogens with one attached hydrogen (secondary N) is 1. The van der Waals surface area contributed by atoms with E-state index in [1.54, 1.807) is 6.08 Å². The third kappa shape index (κ3) is 33.2. The number of rotatable bonds is 45. The van der Waals surface area contributed by atoms with E-state index in [4.69, 9.17) is 9.47 Å². The van der Waals surface area contributed by atoms with Crippen LogP contribution in [-0.2, 0) is 14.3 Å². The number of unbranched alkanes of at least 4 members (excludes halogenated alkanes) is 33. The van der Waals surface area contributed by atoms with Crippen LogP contribution in [-0.4, -0.2) is 87.5 Å². The van der Waals surface area contributed by atoms with Gasteiger partial charge in [0.1, 0.15) is 24.4 Å². The number of carbonyl (C=O) groups is 1. The van der Waals surface area contributed by atoms with Crippen molar-refractivity contribution in [2.24, 2.45) is 0 Å². The van der Waals surface area contributed by atoms with Gasteiger partial charge in [-0.2, -0.15) is 0 Å². The molecule has 9 heteroatoms. The van der Waals surface area contributed by atoms with Crippen molar-refractivity contribution in [1.82, 2.24) is 5.32 Å². The highest BCUT2D eigenvalue weighted by atomic mass is 16.7. The Morgan fingerprint density at radius 1 is 0.532 bits per heavy atom. The van der Waals surface area contributed by atoms with Gasteiger partial charge >= 0.3 is 0 Å². The molecule has 1 saturated heterocycles. The number of hydrogen-bond acceptors (Lipinski definition) is 8. The molecular weight excluding hydrogens is 779 g/mol. The molecule has 9 nitrogen and oxygen atoms in total. The molecule has 1 amide bonds. The summed E-state index contributed by atoms with van der Waals surface area (Å²) in [6.07, 6.45) is 46.6. The fourth-order valence-corrected chi connectivity index (χ4v) is 8.53. The molecule has 0 aromatic rings. The summed E-state index contributed by atoms with van der Waals surface area (Å²) in [5.41, 5.74) is 0. The lowest BCUT2D eigenvalue weighted by atomic mass is 9.99. The summed E-state index contributed by atoms with van der Waals surface area (Å²) in [5.74, 6) is -0.182. The average Bonchev–Trinajstić information content (AvgIpc) is 3.27. The molecule has 6 N–H and O–H groups in total. The molecule has 1 aliphatic rings. The zero-order valence-corrected chi connectivity index (χ0v) is 40.4. The highest BCUT2D eigenvalue weighted by molar-refractivity contribution is 5.76. The van der Waals surface area contributed by atoms with Crippen molar-refractivity contribution in [3.63, 3.8) is 0 Å². The molecule has 1 fully saturated rings. The van der Waals surface area contributed by atoms with E-state index in [0.717, 1.165) is 38.5 Å². The van der Waals surface area contributed by atoms with Gasteiger partial charge in [-0.15, -0.1) is 0 Å². The van der Waals surface area contributed by atoms with E-state index in [2.05, 4.69) is 31.3 Å². The maximum absolute atomic E-state index is 13.0.